The molecule has 1 amide bonds. The summed E-state index contributed by atoms with van der Waals surface area (Å²) in [5.74, 6) is -0.295. The van der Waals surface area contributed by atoms with Gasteiger partial charge in [0.25, 0.3) is 0 Å². The van der Waals surface area contributed by atoms with E-state index in [1.54, 1.807) is 12.1 Å². The Morgan fingerprint density at radius 3 is 1.35 bits per heavy atom. The van der Waals surface area contributed by atoms with E-state index in [0.717, 1.165) is 25.7 Å². The molecule has 0 bridgehead atoms. The van der Waals surface area contributed by atoms with Crippen LogP contribution >= 0.6 is 0 Å². The summed E-state index contributed by atoms with van der Waals surface area (Å²) in [6.07, 6.45) is 32.1. The third-order valence-corrected chi connectivity index (χ3v) is 18.0. The molecule has 1 aromatic rings. The number of hydrogen-bond acceptors (Lipinski definition) is 4. The molecule has 0 radical (unpaired) electrons. The van der Waals surface area contributed by atoms with Gasteiger partial charge >= 0.3 is 5.97 Å². The molecule has 2 atom stereocenters. The second-order valence-electron chi connectivity index (χ2n) is 17.4. The van der Waals surface area contributed by atoms with Gasteiger partial charge in [0.1, 0.15) is 6.61 Å². The third-order valence-electron chi connectivity index (χ3n) is 11.9. The molecule has 0 aromatic heterocycles. The Morgan fingerprint density at radius 1 is 0.556 bits per heavy atom. The summed E-state index contributed by atoms with van der Waals surface area (Å²) in [4.78, 5) is 26.8. The van der Waals surface area contributed by atoms with Crippen molar-refractivity contribution >= 4 is 20.2 Å². The van der Waals surface area contributed by atoms with E-state index in [1.165, 1.54) is 135 Å². The number of esters is 1. The van der Waals surface area contributed by atoms with E-state index in [9.17, 15) is 9.59 Å². The van der Waals surface area contributed by atoms with E-state index in [4.69, 9.17) is 9.16 Å². The molecule has 0 aliphatic carbocycles. The van der Waals surface area contributed by atoms with Crippen LogP contribution in [0.3, 0.4) is 0 Å². The van der Waals surface area contributed by atoms with Gasteiger partial charge in [-0.15, -0.1) is 0 Å². The number of unbranched alkanes of at least 4 members (excludes halogenated alkanes) is 22. The molecule has 0 spiro atoms. The zero-order chi connectivity index (χ0) is 39.9. The number of ether oxygens (including phenoxy) is 1. The first-order valence-corrected chi connectivity index (χ1v) is 25.4. The minimum Gasteiger partial charge on any atom is -0.460 e. The highest BCUT2D eigenvalue weighted by molar-refractivity contribution is 6.77. The van der Waals surface area contributed by atoms with Crippen molar-refractivity contribution in [2.75, 3.05) is 6.61 Å². The fourth-order valence-electron chi connectivity index (χ4n) is 8.67. The maximum absolute atomic E-state index is 13.6. The molecule has 5 nitrogen and oxygen atoms in total. The predicted molar refractivity (Wildman–Crippen MR) is 236 cm³/mol. The maximum atomic E-state index is 13.6. The van der Waals surface area contributed by atoms with Crippen LogP contribution in [0.5, 0.6) is 0 Å². The molecule has 0 unspecified atom stereocenters. The van der Waals surface area contributed by atoms with Crippen molar-refractivity contribution in [2.45, 2.75) is 251 Å². The average Bonchev–Trinajstić information content (AvgIpc) is 3.15. The lowest BCUT2D eigenvalue weighted by Gasteiger charge is -2.46. The third kappa shape index (κ3) is 22.2. The summed E-state index contributed by atoms with van der Waals surface area (Å²) in [6, 6.07) is 8.83. The van der Waals surface area contributed by atoms with Crippen LogP contribution in [0.1, 0.15) is 233 Å². The van der Waals surface area contributed by atoms with Crippen LogP contribution in [0.4, 0.5) is 0 Å². The van der Waals surface area contributed by atoms with Crippen LogP contribution in [0, 0.1) is 0 Å². The summed E-state index contributed by atoms with van der Waals surface area (Å²) in [7, 11) is -2.28. The Hall–Kier alpha value is -1.66. The highest BCUT2D eigenvalue weighted by atomic mass is 28.4. The van der Waals surface area contributed by atoms with E-state index >= 15 is 0 Å². The number of hydrogen-bond donors (Lipinski definition) is 1. The Balaban J connectivity index is 2.91. The van der Waals surface area contributed by atoms with Crippen LogP contribution in [0.25, 0.3) is 0 Å². The lowest BCUT2D eigenvalue weighted by molar-refractivity contribution is -0.123. The Bertz CT molecular complexity index is 1010. The zero-order valence-corrected chi connectivity index (χ0v) is 38.0. The molecule has 0 saturated heterocycles. The van der Waals surface area contributed by atoms with Crippen molar-refractivity contribution in [2.24, 2.45) is 0 Å². The van der Waals surface area contributed by atoms with Gasteiger partial charge in [0, 0.05) is 6.42 Å². The monoisotopic (exact) mass is 772 g/mol. The summed E-state index contributed by atoms with van der Waals surface area (Å²) < 4.78 is 13.5. The van der Waals surface area contributed by atoms with Gasteiger partial charge in [-0.05, 0) is 41.6 Å². The Labute approximate surface area is 336 Å². The van der Waals surface area contributed by atoms with Crippen LogP contribution in [0.15, 0.2) is 30.3 Å². The number of nitrogens with one attached hydrogen (secondary N) is 1. The van der Waals surface area contributed by atoms with Crippen LogP contribution < -0.4 is 5.32 Å². The molecule has 1 rings (SSSR count). The number of carbonyl (C=O) groups excluding carboxylic acids is 2. The zero-order valence-electron chi connectivity index (χ0n) is 37.0. The van der Waals surface area contributed by atoms with E-state index in [-0.39, 0.29) is 30.6 Å². The second kappa shape index (κ2) is 32.4. The molecule has 0 aliphatic heterocycles. The molecule has 6 heteroatoms. The number of benzene rings is 1. The first kappa shape index (κ1) is 50.4. The van der Waals surface area contributed by atoms with Crippen molar-refractivity contribution in [3.63, 3.8) is 0 Å². The fraction of sp³-hybridized carbons (Fsp3) is 0.833. The molecule has 0 fully saturated rings. The normalized spacial score (nSPS) is 13.2. The van der Waals surface area contributed by atoms with Gasteiger partial charge in [0.05, 0.1) is 17.7 Å². The quantitative estimate of drug-likeness (QED) is 0.0419. The lowest BCUT2D eigenvalue weighted by Crippen LogP contribution is -2.56. The Kier molecular flexibility index (Phi) is 30.2. The Morgan fingerprint density at radius 2 is 0.944 bits per heavy atom. The number of carbonyl (C=O) groups is 2. The molecular weight excluding hydrogens is 683 g/mol. The minimum absolute atomic E-state index is 0.0524. The van der Waals surface area contributed by atoms with Crippen molar-refractivity contribution < 1.29 is 18.8 Å². The van der Waals surface area contributed by atoms with Gasteiger partial charge in [-0.2, -0.15) is 0 Å². The molecule has 314 valence electrons. The second-order valence-corrected chi connectivity index (χ2v) is 22.8. The van der Waals surface area contributed by atoms with E-state index in [0.29, 0.717) is 28.6 Å². The minimum atomic E-state index is -2.28. The standard InChI is InChI=1S/C48H89NO4Si/c1-9-11-13-15-17-19-21-22-24-25-27-29-34-38-46(53-54(41(3)4,42(5)6)43(7)8)45(40-52-48(51)44-36-32-31-33-37-44)49-47(50)39-35-30-28-26-23-20-18-16-14-12-10-2/h31-33,36-37,41-43,45-46H,9-30,34-35,38-40H2,1-8H3,(H,49,50)/t45-,46+/m0/s1. The topological polar surface area (TPSA) is 64.6 Å². The van der Waals surface area contributed by atoms with Crippen LogP contribution in [-0.2, 0) is 14.0 Å². The van der Waals surface area contributed by atoms with Crippen molar-refractivity contribution in [1.82, 2.24) is 5.32 Å². The van der Waals surface area contributed by atoms with Crippen molar-refractivity contribution in [3.05, 3.63) is 35.9 Å². The summed E-state index contributed by atoms with van der Waals surface area (Å²) >= 11 is 0. The van der Waals surface area contributed by atoms with Gasteiger partial charge < -0.3 is 14.5 Å². The van der Waals surface area contributed by atoms with Gasteiger partial charge in [-0.25, -0.2) is 4.79 Å². The van der Waals surface area contributed by atoms with E-state index in [2.05, 4.69) is 60.7 Å². The summed E-state index contributed by atoms with van der Waals surface area (Å²) in [5, 5.41) is 3.38. The molecule has 1 aromatic carbocycles. The highest BCUT2D eigenvalue weighted by Gasteiger charge is 2.47. The number of amides is 1. The average molecular weight is 772 g/mol. The SMILES string of the molecule is CCCCCCCCCCCCCCC[C@@H](O[Si](C(C)C)(C(C)C)C(C)C)[C@H](COC(=O)c1ccccc1)NC(=O)CCCCCCCCCCCCC. The van der Waals surface area contributed by atoms with Gasteiger partial charge in [0.2, 0.25) is 14.2 Å². The van der Waals surface area contributed by atoms with E-state index in [1.807, 2.05) is 18.2 Å². The van der Waals surface area contributed by atoms with Crippen molar-refractivity contribution in [1.29, 1.82) is 0 Å². The largest absolute Gasteiger partial charge is 0.460 e. The molecular formula is C48H89NO4Si. The molecule has 0 saturated carbocycles. The molecule has 0 heterocycles. The highest BCUT2D eigenvalue weighted by Crippen LogP contribution is 2.44. The summed E-state index contributed by atoms with van der Waals surface area (Å²) in [5.41, 5.74) is 1.80. The lowest BCUT2D eigenvalue weighted by atomic mass is 10.0. The first-order valence-electron chi connectivity index (χ1n) is 23.3. The van der Waals surface area contributed by atoms with Crippen molar-refractivity contribution in [3.8, 4) is 0 Å². The smallest absolute Gasteiger partial charge is 0.338 e. The maximum Gasteiger partial charge on any atom is 0.338 e. The van der Waals surface area contributed by atoms with Gasteiger partial charge in [-0.3, -0.25) is 4.79 Å². The first-order chi connectivity index (χ1) is 26.1. The predicted octanol–water partition coefficient (Wildman–Crippen LogP) is 15.1. The fourth-order valence-corrected chi connectivity index (χ4v) is 14.3. The number of rotatable bonds is 36. The van der Waals surface area contributed by atoms with Crippen LogP contribution in [-0.4, -0.2) is 38.9 Å². The molecule has 54 heavy (non-hydrogen) atoms. The van der Waals surface area contributed by atoms with E-state index < -0.39 is 8.32 Å². The van der Waals surface area contributed by atoms with Crippen LogP contribution in [0.2, 0.25) is 16.6 Å². The summed E-state index contributed by atoms with van der Waals surface area (Å²) in [6.45, 7) is 18.6. The van der Waals surface area contributed by atoms with Gasteiger partial charge in [-0.1, -0.05) is 221 Å². The van der Waals surface area contributed by atoms with Gasteiger partial charge in [0.15, 0.2) is 0 Å². The molecule has 1 N–H and O–H groups in total. The molecule has 0 aliphatic rings.